The summed E-state index contributed by atoms with van der Waals surface area (Å²) < 4.78 is 0.899. The van der Waals surface area contributed by atoms with E-state index in [0.29, 0.717) is 5.82 Å². The Morgan fingerprint density at radius 1 is 1.44 bits per heavy atom. The molecule has 1 atom stereocenters. The molecule has 0 aromatic carbocycles. The molecule has 4 nitrogen and oxygen atoms in total. The number of hydrogen-bond donors (Lipinski definition) is 0. The van der Waals surface area contributed by atoms with Crippen LogP contribution < -0.4 is 5.01 Å². The molecule has 0 spiro atoms. The Bertz CT molecular complexity index is 469. The van der Waals surface area contributed by atoms with Gasteiger partial charge >= 0.3 is 0 Å². The number of halogens is 1. The normalized spacial score (nSPS) is 23.6. The number of rotatable bonds is 1. The molecule has 1 amide bonds. The summed E-state index contributed by atoms with van der Waals surface area (Å²) in [6, 6.07) is 3.66. The molecule has 5 heteroatoms. The number of hydrazone groups is 1. The van der Waals surface area contributed by atoms with Crippen molar-refractivity contribution in [2.24, 2.45) is 11.0 Å². The fourth-order valence-electron chi connectivity index (χ4n) is 2.20. The lowest BCUT2D eigenvalue weighted by atomic mass is 10.1. The number of amides is 1. The molecule has 2 heterocycles. The minimum atomic E-state index is 0.0189. The fraction of sp³-hybridized carbons (Fsp3) is 0.364. The SMILES string of the molecule is O=C1C2CCCC2=NN1c1ccc(Br)cn1. The highest BCUT2D eigenvalue weighted by Crippen LogP contribution is 2.32. The summed E-state index contributed by atoms with van der Waals surface area (Å²) in [5.41, 5.74) is 1.02. The van der Waals surface area contributed by atoms with Crippen LogP contribution in [0.5, 0.6) is 0 Å². The lowest BCUT2D eigenvalue weighted by Crippen LogP contribution is -2.26. The van der Waals surface area contributed by atoms with Crippen LogP contribution in [0.15, 0.2) is 27.9 Å². The van der Waals surface area contributed by atoms with Gasteiger partial charge in [-0.25, -0.2) is 4.98 Å². The van der Waals surface area contributed by atoms with Crippen molar-refractivity contribution in [2.75, 3.05) is 5.01 Å². The molecule has 16 heavy (non-hydrogen) atoms. The molecule has 3 rings (SSSR count). The Morgan fingerprint density at radius 3 is 3.00 bits per heavy atom. The van der Waals surface area contributed by atoms with Crippen molar-refractivity contribution in [3.8, 4) is 0 Å². The van der Waals surface area contributed by atoms with E-state index in [1.807, 2.05) is 6.07 Å². The van der Waals surface area contributed by atoms with Crippen LogP contribution in [0, 0.1) is 5.92 Å². The van der Waals surface area contributed by atoms with Gasteiger partial charge in [0.2, 0.25) is 0 Å². The molecule has 0 N–H and O–H groups in total. The van der Waals surface area contributed by atoms with E-state index in [1.54, 1.807) is 12.3 Å². The predicted molar refractivity (Wildman–Crippen MR) is 64.2 cm³/mol. The number of pyridine rings is 1. The third-order valence-electron chi connectivity index (χ3n) is 2.99. The van der Waals surface area contributed by atoms with E-state index in [4.69, 9.17) is 0 Å². The van der Waals surface area contributed by atoms with Crippen molar-refractivity contribution in [1.82, 2.24) is 4.98 Å². The first-order valence-electron chi connectivity index (χ1n) is 5.28. The van der Waals surface area contributed by atoms with E-state index >= 15 is 0 Å². The highest BCUT2D eigenvalue weighted by molar-refractivity contribution is 9.10. The van der Waals surface area contributed by atoms with Gasteiger partial charge in [0.1, 0.15) is 0 Å². The molecule has 1 aromatic heterocycles. The second kappa shape index (κ2) is 3.66. The summed E-state index contributed by atoms with van der Waals surface area (Å²) in [6.45, 7) is 0. The zero-order chi connectivity index (χ0) is 11.1. The van der Waals surface area contributed by atoms with E-state index in [9.17, 15) is 4.79 Å². The monoisotopic (exact) mass is 279 g/mol. The summed E-state index contributed by atoms with van der Waals surface area (Å²) >= 11 is 3.32. The molecule has 2 aliphatic rings. The van der Waals surface area contributed by atoms with Gasteiger partial charge in [-0.2, -0.15) is 10.1 Å². The Hall–Kier alpha value is -1.23. The van der Waals surface area contributed by atoms with E-state index in [0.717, 1.165) is 29.4 Å². The van der Waals surface area contributed by atoms with Gasteiger partial charge in [-0.3, -0.25) is 4.79 Å². The predicted octanol–water partition coefficient (Wildman–Crippen LogP) is 2.35. The molecule has 0 radical (unpaired) electrons. The van der Waals surface area contributed by atoms with E-state index in [-0.39, 0.29) is 11.8 Å². The summed E-state index contributed by atoms with van der Waals surface area (Å²) in [5.74, 6) is 0.697. The minimum Gasteiger partial charge on any atom is -0.272 e. The standard InChI is InChI=1S/C11H10BrN3O/c12-7-4-5-10(13-6-7)15-11(16)8-2-1-3-9(8)14-15/h4-6,8H,1-3H2. The molecule has 1 fully saturated rings. The van der Waals surface area contributed by atoms with Crippen LogP contribution in [0.3, 0.4) is 0 Å². The minimum absolute atomic E-state index is 0.0189. The van der Waals surface area contributed by atoms with Crippen LogP contribution in [0.1, 0.15) is 19.3 Å². The molecule has 0 saturated heterocycles. The average molecular weight is 280 g/mol. The molecular weight excluding hydrogens is 270 g/mol. The number of carbonyl (C=O) groups is 1. The Morgan fingerprint density at radius 2 is 2.31 bits per heavy atom. The maximum absolute atomic E-state index is 12.0. The van der Waals surface area contributed by atoms with Gasteiger partial charge in [-0.1, -0.05) is 0 Å². The van der Waals surface area contributed by atoms with Gasteiger partial charge in [0.05, 0.1) is 11.6 Å². The highest BCUT2D eigenvalue weighted by Gasteiger charge is 2.39. The molecule has 82 valence electrons. The van der Waals surface area contributed by atoms with Crippen LogP contribution >= 0.6 is 15.9 Å². The van der Waals surface area contributed by atoms with E-state index < -0.39 is 0 Å². The van der Waals surface area contributed by atoms with Crippen molar-refractivity contribution in [3.05, 3.63) is 22.8 Å². The third kappa shape index (κ3) is 1.46. The van der Waals surface area contributed by atoms with Crippen molar-refractivity contribution in [3.63, 3.8) is 0 Å². The number of hydrogen-bond acceptors (Lipinski definition) is 3. The Labute approximate surface area is 101 Å². The van der Waals surface area contributed by atoms with Crippen LogP contribution in [0.25, 0.3) is 0 Å². The van der Waals surface area contributed by atoms with Crippen LogP contribution in [-0.2, 0) is 4.79 Å². The summed E-state index contributed by atoms with van der Waals surface area (Å²) in [4.78, 5) is 16.2. The number of nitrogens with zero attached hydrogens (tertiary/aromatic N) is 3. The lowest BCUT2D eigenvalue weighted by molar-refractivity contribution is -0.119. The molecular formula is C11H10BrN3O. The average Bonchev–Trinajstić information content (AvgIpc) is 2.84. The van der Waals surface area contributed by atoms with Gasteiger partial charge in [-0.15, -0.1) is 0 Å². The lowest BCUT2D eigenvalue weighted by Gasteiger charge is -2.12. The van der Waals surface area contributed by atoms with Gasteiger partial charge in [0, 0.05) is 10.7 Å². The molecule has 1 saturated carbocycles. The fourth-order valence-corrected chi connectivity index (χ4v) is 2.43. The van der Waals surface area contributed by atoms with Gasteiger partial charge in [-0.05, 0) is 47.3 Å². The molecule has 0 bridgehead atoms. The largest absolute Gasteiger partial charge is 0.272 e. The van der Waals surface area contributed by atoms with Gasteiger partial charge in [0.15, 0.2) is 5.82 Å². The summed E-state index contributed by atoms with van der Waals surface area (Å²) in [6.07, 6.45) is 4.64. The molecule has 1 aliphatic carbocycles. The number of carbonyl (C=O) groups excluding carboxylic acids is 1. The second-order valence-electron chi connectivity index (χ2n) is 4.02. The Balaban J connectivity index is 1.94. The van der Waals surface area contributed by atoms with Gasteiger partial charge < -0.3 is 0 Å². The molecule has 1 unspecified atom stereocenters. The van der Waals surface area contributed by atoms with Crippen LogP contribution in [-0.4, -0.2) is 16.6 Å². The topological polar surface area (TPSA) is 45.6 Å². The summed E-state index contributed by atoms with van der Waals surface area (Å²) in [5, 5.41) is 5.79. The quantitative estimate of drug-likeness (QED) is 0.792. The first-order chi connectivity index (χ1) is 7.75. The second-order valence-corrected chi connectivity index (χ2v) is 4.94. The zero-order valence-corrected chi connectivity index (χ0v) is 10.1. The smallest absolute Gasteiger partial charge is 0.257 e. The van der Waals surface area contributed by atoms with Crippen molar-refractivity contribution in [1.29, 1.82) is 0 Å². The Kier molecular flexibility index (Phi) is 2.28. The van der Waals surface area contributed by atoms with Gasteiger partial charge in [0.25, 0.3) is 5.91 Å². The maximum Gasteiger partial charge on any atom is 0.257 e. The maximum atomic E-state index is 12.0. The highest BCUT2D eigenvalue weighted by atomic mass is 79.9. The molecule has 1 aliphatic heterocycles. The number of fused-ring (bicyclic) bond motifs is 1. The third-order valence-corrected chi connectivity index (χ3v) is 3.46. The van der Waals surface area contributed by atoms with Crippen molar-refractivity contribution < 1.29 is 4.79 Å². The first kappa shape index (κ1) is 9.96. The number of aromatic nitrogens is 1. The van der Waals surface area contributed by atoms with Crippen molar-refractivity contribution >= 4 is 33.4 Å². The summed E-state index contributed by atoms with van der Waals surface area (Å²) in [7, 11) is 0. The van der Waals surface area contributed by atoms with E-state index in [2.05, 4.69) is 26.0 Å². The zero-order valence-electron chi connectivity index (χ0n) is 8.56. The first-order valence-corrected chi connectivity index (χ1v) is 6.08. The molecule has 1 aromatic rings. The van der Waals surface area contributed by atoms with Crippen LogP contribution in [0.2, 0.25) is 0 Å². The number of anilines is 1. The van der Waals surface area contributed by atoms with Crippen molar-refractivity contribution in [2.45, 2.75) is 19.3 Å². The van der Waals surface area contributed by atoms with E-state index in [1.165, 1.54) is 5.01 Å². The van der Waals surface area contributed by atoms with Crippen LogP contribution in [0.4, 0.5) is 5.82 Å².